The number of nitrogens with one attached hydrogen (secondary N) is 2. The maximum absolute atomic E-state index is 12.6. The Morgan fingerprint density at radius 2 is 2.14 bits per heavy atom. The molecule has 22 heavy (non-hydrogen) atoms. The summed E-state index contributed by atoms with van der Waals surface area (Å²) >= 11 is 5.04. The SMILES string of the molecule is O=C1CCCN1CCNC(=S)Nc1cccc(C(F)(F)F)c1. The van der Waals surface area contributed by atoms with Gasteiger partial charge in [0.15, 0.2) is 5.11 Å². The van der Waals surface area contributed by atoms with Gasteiger partial charge >= 0.3 is 6.18 Å². The number of likely N-dealkylation sites (tertiary alicyclic amines) is 1. The first-order valence-electron chi connectivity index (χ1n) is 6.86. The van der Waals surface area contributed by atoms with Crippen molar-refractivity contribution < 1.29 is 18.0 Å². The molecule has 1 aromatic carbocycles. The highest BCUT2D eigenvalue weighted by Gasteiger charge is 2.30. The fourth-order valence-electron chi connectivity index (χ4n) is 2.19. The molecular weight excluding hydrogens is 315 g/mol. The highest BCUT2D eigenvalue weighted by molar-refractivity contribution is 7.80. The van der Waals surface area contributed by atoms with Crippen LogP contribution < -0.4 is 10.6 Å². The predicted octanol–water partition coefficient (Wildman–Crippen LogP) is 2.61. The van der Waals surface area contributed by atoms with Gasteiger partial charge in [-0.05, 0) is 36.8 Å². The van der Waals surface area contributed by atoms with Crippen molar-refractivity contribution in [3.05, 3.63) is 29.8 Å². The van der Waals surface area contributed by atoms with Crippen molar-refractivity contribution in [2.45, 2.75) is 19.0 Å². The van der Waals surface area contributed by atoms with E-state index in [9.17, 15) is 18.0 Å². The standard InChI is InChI=1S/C14H16F3N3OS/c15-14(16,17)10-3-1-4-11(9-10)19-13(22)18-6-8-20-7-2-5-12(20)21/h1,3-4,9H,2,5-8H2,(H2,18,19,22). The van der Waals surface area contributed by atoms with Crippen molar-refractivity contribution >= 4 is 28.9 Å². The quantitative estimate of drug-likeness (QED) is 0.833. The Bertz CT molecular complexity index is 563. The van der Waals surface area contributed by atoms with E-state index in [1.165, 1.54) is 12.1 Å². The number of nitrogens with zero attached hydrogens (tertiary/aromatic N) is 1. The van der Waals surface area contributed by atoms with Crippen molar-refractivity contribution in [1.82, 2.24) is 10.2 Å². The van der Waals surface area contributed by atoms with Crippen molar-refractivity contribution in [3.8, 4) is 0 Å². The Labute approximate surface area is 131 Å². The summed E-state index contributed by atoms with van der Waals surface area (Å²) in [6.45, 7) is 1.73. The number of amides is 1. The summed E-state index contributed by atoms with van der Waals surface area (Å²) in [5.41, 5.74) is -0.465. The topological polar surface area (TPSA) is 44.4 Å². The third-order valence-corrected chi connectivity index (χ3v) is 3.53. The molecule has 1 fully saturated rings. The summed E-state index contributed by atoms with van der Waals surface area (Å²) in [6, 6.07) is 4.82. The lowest BCUT2D eigenvalue weighted by molar-refractivity contribution is -0.137. The zero-order valence-corrected chi connectivity index (χ0v) is 12.6. The van der Waals surface area contributed by atoms with Crippen LogP contribution in [0.1, 0.15) is 18.4 Å². The molecule has 1 aliphatic heterocycles. The van der Waals surface area contributed by atoms with E-state index in [1.807, 2.05) is 0 Å². The molecule has 4 nitrogen and oxygen atoms in total. The molecule has 0 bridgehead atoms. The summed E-state index contributed by atoms with van der Waals surface area (Å²) in [5.74, 6) is 0.124. The summed E-state index contributed by atoms with van der Waals surface area (Å²) in [4.78, 5) is 13.2. The number of rotatable bonds is 4. The number of hydrogen-bond donors (Lipinski definition) is 2. The van der Waals surface area contributed by atoms with Gasteiger partial charge in [-0.1, -0.05) is 6.07 Å². The average Bonchev–Trinajstić information content (AvgIpc) is 2.84. The number of anilines is 1. The number of thiocarbonyl (C=S) groups is 1. The Balaban J connectivity index is 1.80. The minimum absolute atomic E-state index is 0.124. The first kappa shape index (κ1) is 16.5. The Morgan fingerprint density at radius 1 is 1.36 bits per heavy atom. The van der Waals surface area contributed by atoms with Gasteiger partial charge in [-0.2, -0.15) is 13.2 Å². The van der Waals surface area contributed by atoms with Crippen LogP contribution in [0.3, 0.4) is 0 Å². The van der Waals surface area contributed by atoms with Gasteiger partial charge in [0.25, 0.3) is 0 Å². The monoisotopic (exact) mass is 331 g/mol. The number of hydrogen-bond acceptors (Lipinski definition) is 2. The number of benzene rings is 1. The van der Waals surface area contributed by atoms with Gasteiger partial charge in [0.05, 0.1) is 5.56 Å². The zero-order chi connectivity index (χ0) is 16.2. The van der Waals surface area contributed by atoms with E-state index in [0.29, 0.717) is 19.5 Å². The number of carbonyl (C=O) groups is 1. The molecule has 1 aromatic rings. The van der Waals surface area contributed by atoms with Gasteiger partial charge < -0.3 is 15.5 Å². The molecule has 0 spiro atoms. The molecule has 1 saturated heterocycles. The number of carbonyl (C=O) groups excluding carboxylic acids is 1. The fraction of sp³-hybridized carbons (Fsp3) is 0.429. The summed E-state index contributed by atoms with van der Waals surface area (Å²) in [6.07, 6.45) is -2.94. The highest BCUT2D eigenvalue weighted by Crippen LogP contribution is 2.30. The first-order chi connectivity index (χ1) is 10.4. The van der Waals surface area contributed by atoms with Gasteiger partial charge in [-0.15, -0.1) is 0 Å². The normalized spacial score (nSPS) is 15.0. The van der Waals surface area contributed by atoms with Crippen LogP contribution in [-0.4, -0.2) is 35.6 Å². The van der Waals surface area contributed by atoms with Gasteiger partial charge in [-0.3, -0.25) is 4.79 Å². The van der Waals surface area contributed by atoms with Crippen LogP contribution in [0.15, 0.2) is 24.3 Å². The van der Waals surface area contributed by atoms with Crippen LogP contribution >= 0.6 is 12.2 Å². The number of alkyl halides is 3. The van der Waals surface area contributed by atoms with Gasteiger partial charge in [0.1, 0.15) is 0 Å². The van der Waals surface area contributed by atoms with Crippen LogP contribution in [0, 0.1) is 0 Å². The van der Waals surface area contributed by atoms with E-state index in [4.69, 9.17) is 12.2 Å². The second kappa shape index (κ2) is 6.95. The van der Waals surface area contributed by atoms with E-state index in [-0.39, 0.29) is 16.7 Å². The maximum Gasteiger partial charge on any atom is 0.416 e. The molecular formula is C14H16F3N3OS. The molecule has 1 aliphatic rings. The third kappa shape index (κ3) is 4.59. The van der Waals surface area contributed by atoms with E-state index in [1.54, 1.807) is 4.90 Å². The largest absolute Gasteiger partial charge is 0.416 e. The summed E-state index contributed by atoms with van der Waals surface area (Å²) < 4.78 is 37.8. The third-order valence-electron chi connectivity index (χ3n) is 3.29. The molecule has 0 aromatic heterocycles. The van der Waals surface area contributed by atoms with Gasteiger partial charge in [-0.25, -0.2) is 0 Å². The fourth-order valence-corrected chi connectivity index (χ4v) is 2.41. The number of halogens is 3. The first-order valence-corrected chi connectivity index (χ1v) is 7.27. The molecule has 0 unspecified atom stereocenters. The molecule has 1 heterocycles. The van der Waals surface area contributed by atoms with Gasteiger partial charge in [0.2, 0.25) is 5.91 Å². The second-order valence-corrected chi connectivity index (χ2v) is 5.35. The molecule has 120 valence electrons. The van der Waals surface area contributed by atoms with Crippen LogP contribution in [-0.2, 0) is 11.0 Å². The molecule has 0 aliphatic carbocycles. The van der Waals surface area contributed by atoms with Crippen molar-refractivity contribution in [2.75, 3.05) is 25.0 Å². The van der Waals surface area contributed by atoms with E-state index in [2.05, 4.69) is 10.6 Å². The van der Waals surface area contributed by atoms with Crippen molar-refractivity contribution in [3.63, 3.8) is 0 Å². The summed E-state index contributed by atoms with van der Waals surface area (Å²) in [7, 11) is 0. The van der Waals surface area contributed by atoms with Gasteiger partial charge in [0, 0.05) is 31.7 Å². The molecule has 2 N–H and O–H groups in total. The maximum atomic E-state index is 12.6. The van der Waals surface area contributed by atoms with E-state index < -0.39 is 11.7 Å². The Kier molecular flexibility index (Phi) is 5.23. The van der Waals surface area contributed by atoms with Crippen LogP contribution in [0.2, 0.25) is 0 Å². The predicted molar refractivity (Wildman–Crippen MR) is 81.5 cm³/mol. The highest BCUT2D eigenvalue weighted by atomic mass is 32.1. The zero-order valence-electron chi connectivity index (χ0n) is 11.7. The summed E-state index contributed by atoms with van der Waals surface area (Å²) in [5, 5.41) is 5.82. The average molecular weight is 331 g/mol. The molecule has 1 amide bonds. The lowest BCUT2D eigenvalue weighted by atomic mass is 10.2. The Hall–Kier alpha value is -1.83. The minimum Gasteiger partial charge on any atom is -0.361 e. The molecule has 2 rings (SSSR count). The lowest BCUT2D eigenvalue weighted by Gasteiger charge is -2.17. The minimum atomic E-state index is -4.39. The van der Waals surface area contributed by atoms with Crippen LogP contribution in [0.4, 0.5) is 18.9 Å². The molecule has 0 atom stereocenters. The van der Waals surface area contributed by atoms with Crippen molar-refractivity contribution in [1.29, 1.82) is 0 Å². The molecule has 0 radical (unpaired) electrons. The van der Waals surface area contributed by atoms with Crippen molar-refractivity contribution in [2.24, 2.45) is 0 Å². The lowest BCUT2D eigenvalue weighted by Crippen LogP contribution is -2.37. The Morgan fingerprint density at radius 3 is 2.77 bits per heavy atom. The second-order valence-electron chi connectivity index (χ2n) is 4.94. The smallest absolute Gasteiger partial charge is 0.361 e. The van der Waals surface area contributed by atoms with E-state index in [0.717, 1.165) is 25.1 Å². The molecule has 0 saturated carbocycles. The molecule has 8 heteroatoms. The van der Waals surface area contributed by atoms with E-state index >= 15 is 0 Å². The van der Waals surface area contributed by atoms with Crippen LogP contribution in [0.5, 0.6) is 0 Å². The van der Waals surface area contributed by atoms with Crippen LogP contribution in [0.25, 0.3) is 0 Å².